The quantitative estimate of drug-likeness (QED) is 0.765. The van der Waals surface area contributed by atoms with Crippen LogP contribution in [0, 0.1) is 5.92 Å². The number of Topliss-reactive ketones (excluding diaryl/α,β-unsaturated/α-hetero) is 1. The summed E-state index contributed by atoms with van der Waals surface area (Å²) in [6, 6.07) is 7.26. The summed E-state index contributed by atoms with van der Waals surface area (Å²) in [5, 5.41) is 0.675. The van der Waals surface area contributed by atoms with E-state index in [9.17, 15) is 4.79 Å². The molecule has 0 aliphatic carbocycles. The molecular weight excluding hydrogens is 292 g/mol. The van der Waals surface area contributed by atoms with Gasteiger partial charge in [0, 0.05) is 23.1 Å². The van der Waals surface area contributed by atoms with Crippen molar-refractivity contribution in [1.29, 1.82) is 0 Å². The van der Waals surface area contributed by atoms with Gasteiger partial charge in [0.05, 0.1) is 5.60 Å². The van der Waals surface area contributed by atoms with Crippen LogP contribution in [0.15, 0.2) is 24.3 Å². The van der Waals surface area contributed by atoms with Gasteiger partial charge in [-0.05, 0) is 61.5 Å². The van der Waals surface area contributed by atoms with Gasteiger partial charge >= 0.3 is 0 Å². The molecule has 2 saturated heterocycles. The second kappa shape index (κ2) is 6.08. The molecule has 0 saturated carbocycles. The number of benzene rings is 1. The first-order chi connectivity index (χ1) is 9.69. The molecule has 1 aromatic carbocycles. The molecular formula is C16H19ClO2S. The van der Waals surface area contributed by atoms with E-state index in [2.05, 4.69) is 0 Å². The van der Waals surface area contributed by atoms with Gasteiger partial charge in [-0.1, -0.05) is 11.6 Å². The van der Waals surface area contributed by atoms with Gasteiger partial charge in [0.1, 0.15) is 0 Å². The number of ketones is 1. The zero-order valence-corrected chi connectivity index (χ0v) is 13.0. The van der Waals surface area contributed by atoms with Crippen LogP contribution in [-0.4, -0.2) is 29.5 Å². The number of halogens is 1. The molecule has 0 aromatic heterocycles. The van der Waals surface area contributed by atoms with Gasteiger partial charge in [-0.2, -0.15) is 11.8 Å². The molecule has 1 spiro atoms. The molecule has 20 heavy (non-hydrogen) atoms. The lowest BCUT2D eigenvalue weighted by atomic mass is 9.79. The third-order valence-corrected chi connectivity index (χ3v) is 5.63. The molecule has 4 heteroatoms. The number of ether oxygens (including phenoxy) is 1. The summed E-state index contributed by atoms with van der Waals surface area (Å²) in [4.78, 5) is 12.6. The molecule has 0 radical (unpaired) electrons. The minimum Gasteiger partial charge on any atom is -0.375 e. The standard InChI is InChI=1S/C16H19ClO2S/c17-14-3-1-12(2-4-14)15(18)13-5-8-19-16(11-13)6-9-20-10-7-16/h1-4,13H,5-11H2. The Labute approximate surface area is 129 Å². The average Bonchev–Trinajstić information content (AvgIpc) is 2.48. The van der Waals surface area contributed by atoms with E-state index in [1.54, 1.807) is 12.1 Å². The van der Waals surface area contributed by atoms with Crippen LogP contribution in [0.4, 0.5) is 0 Å². The smallest absolute Gasteiger partial charge is 0.166 e. The third kappa shape index (κ3) is 3.05. The van der Waals surface area contributed by atoms with Crippen LogP contribution in [0.25, 0.3) is 0 Å². The molecule has 2 fully saturated rings. The number of hydrogen-bond donors (Lipinski definition) is 0. The summed E-state index contributed by atoms with van der Waals surface area (Å²) in [6.07, 6.45) is 3.90. The number of thioether (sulfide) groups is 1. The second-order valence-electron chi connectivity index (χ2n) is 5.70. The summed E-state index contributed by atoms with van der Waals surface area (Å²) >= 11 is 7.88. The summed E-state index contributed by atoms with van der Waals surface area (Å²) in [7, 11) is 0. The zero-order valence-electron chi connectivity index (χ0n) is 11.4. The Morgan fingerprint density at radius 3 is 2.65 bits per heavy atom. The lowest BCUT2D eigenvalue weighted by molar-refractivity contribution is -0.0959. The van der Waals surface area contributed by atoms with Crippen molar-refractivity contribution in [2.24, 2.45) is 5.92 Å². The first kappa shape index (κ1) is 14.4. The lowest BCUT2D eigenvalue weighted by Crippen LogP contribution is -2.44. The van der Waals surface area contributed by atoms with Crippen LogP contribution in [0.2, 0.25) is 5.02 Å². The van der Waals surface area contributed by atoms with E-state index in [1.807, 2.05) is 23.9 Å². The van der Waals surface area contributed by atoms with Crippen molar-refractivity contribution >= 4 is 29.1 Å². The fraction of sp³-hybridized carbons (Fsp3) is 0.562. The number of carbonyl (C=O) groups excluding carboxylic acids is 1. The van der Waals surface area contributed by atoms with Crippen molar-refractivity contribution in [2.45, 2.75) is 31.3 Å². The van der Waals surface area contributed by atoms with E-state index in [1.165, 1.54) is 0 Å². The van der Waals surface area contributed by atoms with Crippen molar-refractivity contribution in [1.82, 2.24) is 0 Å². The van der Waals surface area contributed by atoms with E-state index >= 15 is 0 Å². The Balaban J connectivity index is 1.73. The van der Waals surface area contributed by atoms with E-state index in [0.29, 0.717) is 11.6 Å². The molecule has 0 bridgehead atoms. The third-order valence-electron chi connectivity index (χ3n) is 4.40. The van der Waals surface area contributed by atoms with Gasteiger partial charge in [0.25, 0.3) is 0 Å². The Bertz CT molecular complexity index is 474. The van der Waals surface area contributed by atoms with Crippen LogP contribution in [0.3, 0.4) is 0 Å². The SMILES string of the molecule is O=C(c1ccc(Cl)cc1)C1CCOC2(CCSCC2)C1. The van der Waals surface area contributed by atoms with Gasteiger partial charge < -0.3 is 4.74 Å². The van der Waals surface area contributed by atoms with E-state index in [0.717, 1.165) is 42.8 Å². The fourth-order valence-corrected chi connectivity index (χ4v) is 4.56. The van der Waals surface area contributed by atoms with Crippen LogP contribution in [0.1, 0.15) is 36.0 Å². The summed E-state index contributed by atoms with van der Waals surface area (Å²) in [5.41, 5.74) is 0.748. The van der Waals surface area contributed by atoms with Crippen molar-refractivity contribution in [3.63, 3.8) is 0 Å². The maximum atomic E-state index is 12.6. The van der Waals surface area contributed by atoms with Crippen LogP contribution < -0.4 is 0 Å². The Kier molecular flexibility index (Phi) is 4.39. The summed E-state index contributed by atoms with van der Waals surface area (Å²) in [6.45, 7) is 0.717. The summed E-state index contributed by atoms with van der Waals surface area (Å²) in [5.74, 6) is 2.67. The number of hydrogen-bond acceptors (Lipinski definition) is 3. The molecule has 2 heterocycles. The Morgan fingerprint density at radius 1 is 1.25 bits per heavy atom. The maximum Gasteiger partial charge on any atom is 0.166 e. The molecule has 2 aliphatic rings. The minimum absolute atomic E-state index is 0.0315. The van der Waals surface area contributed by atoms with E-state index in [4.69, 9.17) is 16.3 Å². The van der Waals surface area contributed by atoms with Crippen molar-refractivity contribution in [3.05, 3.63) is 34.9 Å². The molecule has 0 N–H and O–H groups in total. The number of carbonyl (C=O) groups is 1. The molecule has 1 unspecified atom stereocenters. The molecule has 1 atom stereocenters. The Morgan fingerprint density at radius 2 is 1.95 bits per heavy atom. The topological polar surface area (TPSA) is 26.3 Å². The molecule has 108 valence electrons. The molecule has 2 nitrogen and oxygen atoms in total. The normalized spacial score (nSPS) is 25.6. The first-order valence-corrected chi connectivity index (χ1v) is 8.73. The minimum atomic E-state index is -0.0315. The van der Waals surface area contributed by atoms with Crippen molar-refractivity contribution in [3.8, 4) is 0 Å². The highest BCUT2D eigenvalue weighted by atomic mass is 35.5. The molecule has 1 aromatic rings. The number of rotatable bonds is 2. The monoisotopic (exact) mass is 310 g/mol. The van der Waals surface area contributed by atoms with Gasteiger partial charge in [0.2, 0.25) is 0 Å². The van der Waals surface area contributed by atoms with Crippen LogP contribution in [0.5, 0.6) is 0 Å². The van der Waals surface area contributed by atoms with E-state index in [-0.39, 0.29) is 17.3 Å². The highest BCUT2D eigenvalue weighted by Crippen LogP contribution is 2.40. The van der Waals surface area contributed by atoms with E-state index < -0.39 is 0 Å². The largest absolute Gasteiger partial charge is 0.375 e. The molecule has 0 amide bonds. The summed E-state index contributed by atoms with van der Waals surface area (Å²) < 4.78 is 6.06. The first-order valence-electron chi connectivity index (χ1n) is 7.20. The highest BCUT2D eigenvalue weighted by molar-refractivity contribution is 7.99. The van der Waals surface area contributed by atoms with Gasteiger partial charge in [-0.15, -0.1) is 0 Å². The van der Waals surface area contributed by atoms with Crippen LogP contribution in [-0.2, 0) is 4.74 Å². The molecule has 2 aliphatic heterocycles. The predicted molar refractivity (Wildman–Crippen MR) is 83.7 cm³/mol. The second-order valence-corrected chi connectivity index (χ2v) is 7.37. The van der Waals surface area contributed by atoms with Crippen molar-refractivity contribution in [2.75, 3.05) is 18.1 Å². The molecule has 3 rings (SSSR count). The lowest BCUT2D eigenvalue weighted by Gasteiger charge is -2.42. The van der Waals surface area contributed by atoms with Crippen molar-refractivity contribution < 1.29 is 9.53 Å². The Hall–Kier alpha value is -0.510. The van der Waals surface area contributed by atoms with Gasteiger partial charge in [-0.25, -0.2) is 0 Å². The maximum absolute atomic E-state index is 12.6. The zero-order chi connectivity index (χ0) is 14.0. The highest BCUT2D eigenvalue weighted by Gasteiger charge is 2.40. The van der Waals surface area contributed by atoms with Gasteiger partial charge in [0.15, 0.2) is 5.78 Å². The van der Waals surface area contributed by atoms with Crippen LogP contribution >= 0.6 is 23.4 Å². The van der Waals surface area contributed by atoms with Gasteiger partial charge in [-0.3, -0.25) is 4.79 Å². The predicted octanol–water partition coefficient (Wildman–Crippen LogP) is 4.22. The fourth-order valence-electron chi connectivity index (χ4n) is 3.19. The average molecular weight is 311 g/mol.